The minimum absolute atomic E-state index is 0. The summed E-state index contributed by atoms with van der Waals surface area (Å²) in [6.07, 6.45) is 3.28. The molecule has 7 aromatic rings. The fourth-order valence-electron chi connectivity index (χ4n) is 7.02. The van der Waals surface area contributed by atoms with Gasteiger partial charge in [0.1, 0.15) is 11.3 Å². The number of pyridine rings is 1. The predicted octanol–water partition coefficient (Wildman–Crippen LogP) is 14.4. The Balaban J connectivity index is 0.000000384. The van der Waals surface area contributed by atoms with Gasteiger partial charge in [0.05, 0.1) is 0 Å². The first-order valence-corrected chi connectivity index (χ1v) is 19.8. The molecule has 5 nitrogen and oxygen atoms in total. The van der Waals surface area contributed by atoms with E-state index in [2.05, 4.69) is 109 Å². The standard InChI is InChI=1S/C40H37N2O.C11H20O2.Ir/c1-23(2)25-20-26(24(3)4)22-27(21-25)38-33-16-13-28-29(31(33)18-19-41-38)12-15-32-30(28)14-17-34(37(32)40(5,6)7)39-42-35-10-8-9-11-36(35)43-39;1-10(2,3)8(12)7-9(13)11(4,5)6;/h8-21,23-24H,1-7H3;7,12H,1-6H3;/q-1;;/b;8-7-;. The Labute approximate surface area is 352 Å². The molecule has 0 aliphatic carbocycles. The van der Waals surface area contributed by atoms with Crippen molar-refractivity contribution in [3.05, 3.63) is 120 Å². The van der Waals surface area contributed by atoms with Gasteiger partial charge in [-0.1, -0.05) is 132 Å². The molecule has 5 aromatic carbocycles. The van der Waals surface area contributed by atoms with Gasteiger partial charge < -0.3 is 14.5 Å². The summed E-state index contributed by atoms with van der Waals surface area (Å²) < 4.78 is 6.26. The second-order valence-corrected chi connectivity index (χ2v) is 18.8. The van der Waals surface area contributed by atoms with Gasteiger partial charge in [0.2, 0.25) is 5.89 Å². The molecule has 0 fully saturated rings. The van der Waals surface area contributed by atoms with Crippen molar-refractivity contribution in [3.63, 3.8) is 0 Å². The maximum Gasteiger partial charge on any atom is 0.227 e. The van der Waals surface area contributed by atoms with Gasteiger partial charge in [-0.15, -0.1) is 34.9 Å². The molecule has 0 amide bonds. The van der Waals surface area contributed by atoms with Crippen LogP contribution in [0.15, 0.2) is 101 Å². The van der Waals surface area contributed by atoms with Gasteiger partial charge in [0.15, 0.2) is 11.4 Å². The van der Waals surface area contributed by atoms with Crippen LogP contribution in [0.3, 0.4) is 0 Å². The Kier molecular flexibility index (Phi) is 12.4. The molecule has 6 heteroatoms. The zero-order valence-corrected chi connectivity index (χ0v) is 38.2. The Bertz CT molecular complexity index is 2570. The van der Waals surface area contributed by atoms with Crippen LogP contribution in [0.2, 0.25) is 0 Å². The van der Waals surface area contributed by atoms with Crippen molar-refractivity contribution in [3.8, 4) is 22.7 Å². The van der Waals surface area contributed by atoms with Gasteiger partial charge in [-0.25, -0.2) is 4.98 Å². The molecular weight excluding hydrogens is 881 g/mol. The van der Waals surface area contributed by atoms with Crippen LogP contribution >= 0.6 is 0 Å². The van der Waals surface area contributed by atoms with Crippen LogP contribution in [0.5, 0.6) is 0 Å². The molecule has 7 rings (SSSR count). The van der Waals surface area contributed by atoms with E-state index < -0.39 is 5.41 Å². The topological polar surface area (TPSA) is 76.2 Å². The smallest absolute Gasteiger partial charge is 0.227 e. The molecule has 0 bridgehead atoms. The number of fused-ring (bicyclic) bond motifs is 6. The molecule has 0 aliphatic rings. The third kappa shape index (κ3) is 9.08. The molecular formula is C51H57IrN2O3-. The van der Waals surface area contributed by atoms with Crippen LogP contribution < -0.4 is 0 Å². The van der Waals surface area contributed by atoms with Crippen molar-refractivity contribution < 1.29 is 34.4 Å². The number of allylic oxidation sites excluding steroid dienone is 2. The number of hydrogen-bond acceptors (Lipinski definition) is 5. The van der Waals surface area contributed by atoms with Crippen molar-refractivity contribution in [1.29, 1.82) is 0 Å². The Hall–Kier alpha value is -4.64. The van der Waals surface area contributed by atoms with Crippen molar-refractivity contribution >= 4 is 49.2 Å². The fourth-order valence-corrected chi connectivity index (χ4v) is 7.02. The van der Waals surface area contributed by atoms with E-state index in [1.54, 1.807) is 0 Å². The first-order valence-electron chi connectivity index (χ1n) is 19.8. The summed E-state index contributed by atoms with van der Waals surface area (Å²) in [5.41, 5.74) is 7.71. The average Bonchev–Trinajstić information content (AvgIpc) is 3.57. The van der Waals surface area contributed by atoms with Crippen LogP contribution in [0.4, 0.5) is 0 Å². The number of para-hydroxylation sites is 2. The third-order valence-electron chi connectivity index (χ3n) is 10.4. The van der Waals surface area contributed by atoms with E-state index in [1.807, 2.05) is 72.0 Å². The van der Waals surface area contributed by atoms with Crippen molar-refractivity contribution in [2.45, 2.75) is 107 Å². The van der Waals surface area contributed by atoms with Gasteiger partial charge >= 0.3 is 0 Å². The van der Waals surface area contributed by atoms with E-state index in [1.165, 1.54) is 49.7 Å². The van der Waals surface area contributed by atoms with Gasteiger partial charge in [0.25, 0.3) is 0 Å². The monoisotopic (exact) mass is 938 g/mol. The number of carbonyl (C=O) groups is 1. The largest absolute Gasteiger partial charge is 0.512 e. The number of oxazole rings is 1. The van der Waals surface area contributed by atoms with Crippen LogP contribution in [-0.2, 0) is 30.3 Å². The van der Waals surface area contributed by atoms with Crippen molar-refractivity contribution in [2.75, 3.05) is 0 Å². The predicted molar refractivity (Wildman–Crippen MR) is 236 cm³/mol. The minimum Gasteiger partial charge on any atom is -0.512 e. The van der Waals surface area contributed by atoms with Crippen molar-refractivity contribution in [1.82, 2.24) is 9.97 Å². The molecule has 0 aliphatic heterocycles. The minimum atomic E-state index is -0.417. The molecule has 0 saturated heterocycles. The van der Waals surface area contributed by atoms with Crippen LogP contribution in [0, 0.1) is 16.9 Å². The van der Waals surface area contributed by atoms with E-state index in [-0.39, 0.29) is 42.5 Å². The molecule has 57 heavy (non-hydrogen) atoms. The Morgan fingerprint density at radius 2 is 1.30 bits per heavy atom. The fraction of sp³-hybridized carbons (Fsp3) is 0.353. The van der Waals surface area contributed by atoms with Gasteiger partial charge in [-0.2, -0.15) is 0 Å². The first kappa shape index (κ1) is 43.5. The van der Waals surface area contributed by atoms with Gasteiger partial charge in [0, 0.05) is 48.8 Å². The zero-order chi connectivity index (χ0) is 40.9. The van der Waals surface area contributed by atoms with E-state index in [9.17, 15) is 9.90 Å². The molecule has 2 aromatic heterocycles. The van der Waals surface area contributed by atoms with Crippen LogP contribution in [0.25, 0.3) is 66.1 Å². The number of nitrogens with zero attached hydrogens (tertiary/aromatic N) is 2. The summed E-state index contributed by atoms with van der Waals surface area (Å²) in [6.45, 7) is 26.9. The quantitative estimate of drug-likeness (QED) is 0.0805. The number of aliphatic hydroxyl groups excluding tert-OH is 1. The van der Waals surface area contributed by atoms with E-state index in [0.29, 0.717) is 17.7 Å². The Morgan fingerprint density at radius 1 is 0.719 bits per heavy atom. The van der Waals surface area contributed by atoms with Gasteiger partial charge in [-0.05, 0) is 85.1 Å². The molecule has 299 valence electrons. The third-order valence-corrected chi connectivity index (χ3v) is 10.4. The molecule has 0 atom stereocenters. The number of ketones is 1. The van der Waals surface area contributed by atoms with Gasteiger partial charge in [-0.3, -0.25) is 4.79 Å². The second kappa shape index (κ2) is 16.3. The summed E-state index contributed by atoms with van der Waals surface area (Å²) >= 11 is 0. The maximum atomic E-state index is 11.5. The number of aromatic nitrogens is 2. The number of benzene rings is 5. The van der Waals surface area contributed by atoms with Crippen molar-refractivity contribution in [2.24, 2.45) is 10.8 Å². The second-order valence-electron chi connectivity index (χ2n) is 18.8. The van der Waals surface area contributed by atoms with Crippen LogP contribution in [0.1, 0.15) is 119 Å². The summed E-state index contributed by atoms with van der Waals surface area (Å²) in [5.74, 6) is 1.61. The summed E-state index contributed by atoms with van der Waals surface area (Å²) in [7, 11) is 0. The van der Waals surface area contributed by atoms with E-state index in [4.69, 9.17) is 14.4 Å². The van der Waals surface area contributed by atoms with E-state index in [0.717, 1.165) is 33.3 Å². The van der Waals surface area contributed by atoms with Crippen LogP contribution in [-0.4, -0.2) is 20.9 Å². The SMILES string of the molecule is CC(C)(C)C(=O)/C=C(\O)C(C)(C)C.CC(C)c1[c-]c(-c2nccc3c2ccc2c4ccc(-c5nc6ccccc6o5)c(C(C)(C)C)c4ccc32)cc(C(C)C)c1.[Ir]. The number of rotatable bonds is 5. The molecule has 2 heterocycles. The summed E-state index contributed by atoms with van der Waals surface area (Å²) in [5, 5.41) is 16.8. The number of carbonyl (C=O) groups excluding carboxylic acids is 1. The number of hydrogen-bond donors (Lipinski definition) is 1. The first-order chi connectivity index (χ1) is 26.1. The zero-order valence-electron chi connectivity index (χ0n) is 35.8. The summed E-state index contributed by atoms with van der Waals surface area (Å²) in [6, 6.07) is 31.9. The molecule has 0 saturated carbocycles. The average molecular weight is 938 g/mol. The molecule has 1 radical (unpaired) electrons. The molecule has 0 unspecified atom stereocenters. The molecule has 0 spiro atoms. The normalized spacial score (nSPS) is 12.7. The Morgan fingerprint density at radius 3 is 1.88 bits per heavy atom. The van der Waals surface area contributed by atoms with E-state index >= 15 is 0 Å². The summed E-state index contributed by atoms with van der Waals surface area (Å²) in [4.78, 5) is 21.3. The number of aliphatic hydroxyl groups is 1. The maximum absolute atomic E-state index is 11.5. The molecule has 1 N–H and O–H groups in total.